The van der Waals surface area contributed by atoms with Gasteiger partial charge in [-0.2, -0.15) is 0 Å². The molecule has 1 amide bonds. The van der Waals surface area contributed by atoms with E-state index < -0.39 is 0 Å². The number of amides is 1. The Hall–Kier alpha value is -2.28. The van der Waals surface area contributed by atoms with Gasteiger partial charge in [0, 0.05) is 26.2 Å². The summed E-state index contributed by atoms with van der Waals surface area (Å²) in [6, 6.07) is 7.80. The molecular formula is C15H18N6O. The summed E-state index contributed by atoms with van der Waals surface area (Å²) in [5, 5.41) is 14.5. The number of likely N-dealkylation sites (tertiary alicyclic amines) is 1. The lowest BCUT2D eigenvalue weighted by molar-refractivity contribution is -0.129. The van der Waals surface area contributed by atoms with Gasteiger partial charge in [0.05, 0.1) is 12.1 Å². The first-order valence-corrected chi connectivity index (χ1v) is 7.60. The van der Waals surface area contributed by atoms with Crippen molar-refractivity contribution < 1.29 is 4.79 Å². The predicted octanol–water partition coefficient (Wildman–Crippen LogP) is -0.117. The smallest absolute Gasteiger partial charge is 0.227 e. The first-order valence-electron chi connectivity index (χ1n) is 7.60. The Balaban J connectivity index is 1.40. The molecule has 0 radical (unpaired) electrons. The van der Waals surface area contributed by atoms with Crippen molar-refractivity contribution in [2.24, 2.45) is 11.8 Å². The van der Waals surface area contributed by atoms with Crippen LogP contribution < -0.4 is 5.32 Å². The van der Waals surface area contributed by atoms with Crippen molar-refractivity contribution >= 4 is 5.91 Å². The second-order valence-corrected chi connectivity index (χ2v) is 6.07. The zero-order valence-corrected chi connectivity index (χ0v) is 12.2. The second-order valence-electron chi connectivity index (χ2n) is 6.07. The van der Waals surface area contributed by atoms with Gasteiger partial charge in [0.1, 0.15) is 6.33 Å². The van der Waals surface area contributed by atoms with Crippen LogP contribution in [-0.4, -0.2) is 57.2 Å². The molecule has 4 rings (SSSR count). The van der Waals surface area contributed by atoms with Crippen molar-refractivity contribution in [3.05, 3.63) is 36.2 Å². The van der Waals surface area contributed by atoms with Gasteiger partial charge in [0.15, 0.2) is 0 Å². The van der Waals surface area contributed by atoms with Crippen LogP contribution >= 0.6 is 0 Å². The summed E-state index contributed by atoms with van der Waals surface area (Å²) in [7, 11) is 0. The van der Waals surface area contributed by atoms with Crippen molar-refractivity contribution in [1.82, 2.24) is 30.4 Å². The Kier molecular flexibility index (Phi) is 3.34. The maximum atomic E-state index is 12.4. The van der Waals surface area contributed by atoms with Gasteiger partial charge in [-0.05, 0) is 40.0 Å². The molecule has 22 heavy (non-hydrogen) atoms. The Labute approximate surface area is 128 Å². The molecule has 7 nitrogen and oxygen atoms in total. The van der Waals surface area contributed by atoms with Gasteiger partial charge >= 0.3 is 0 Å². The Morgan fingerprint density at radius 2 is 1.91 bits per heavy atom. The van der Waals surface area contributed by atoms with Crippen molar-refractivity contribution in [3.8, 4) is 5.69 Å². The van der Waals surface area contributed by atoms with Crippen molar-refractivity contribution in [2.45, 2.75) is 6.42 Å². The van der Waals surface area contributed by atoms with E-state index in [2.05, 4.69) is 20.8 Å². The van der Waals surface area contributed by atoms with E-state index in [4.69, 9.17) is 0 Å². The van der Waals surface area contributed by atoms with Crippen LogP contribution in [0, 0.1) is 11.8 Å². The highest BCUT2D eigenvalue weighted by Crippen LogP contribution is 2.26. The molecule has 0 unspecified atom stereocenters. The average Bonchev–Trinajstić information content (AvgIpc) is 3.24. The molecule has 2 aromatic rings. The van der Waals surface area contributed by atoms with Crippen LogP contribution in [0.4, 0.5) is 0 Å². The summed E-state index contributed by atoms with van der Waals surface area (Å²) in [5.74, 6) is 1.52. The molecule has 114 valence electrons. The monoisotopic (exact) mass is 298 g/mol. The number of tetrazole rings is 1. The zero-order chi connectivity index (χ0) is 14.9. The van der Waals surface area contributed by atoms with E-state index in [1.807, 2.05) is 29.2 Å². The maximum Gasteiger partial charge on any atom is 0.227 e. The molecule has 0 spiro atoms. The molecule has 2 saturated heterocycles. The number of rotatable bonds is 3. The van der Waals surface area contributed by atoms with E-state index in [9.17, 15) is 4.79 Å². The molecule has 2 fully saturated rings. The first-order chi connectivity index (χ1) is 10.8. The summed E-state index contributed by atoms with van der Waals surface area (Å²) in [5.41, 5.74) is 1.92. The van der Waals surface area contributed by atoms with Crippen LogP contribution in [0.15, 0.2) is 30.6 Å². The molecule has 1 aromatic carbocycles. The number of fused-ring (bicyclic) bond motifs is 1. The van der Waals surface area contributed by atoms with Gasteiger partial charge < -0.3 is 10.2 Å². The molecular weight excluding hydrogens is 280 g/mol. The third kappa shape index (κ3) is 2.48. The highest BCUT2D eigenvalue weighted by molar-refractivity contribution is 5.79. The summed E-state index contributed by atoms with van der Waals surface area (Å²) < 4.78 is 1.60. The SMILES string of the molecule is O=C(Cc1ccc(-n2cnnn2)cc1)N1C[C@H]2CNC[C@H]2C1. The summed E-state index contributed by atoms with van der Waals surface area (Å²) in [4.78, 5) is 14.4. The van der Waals surface area contributed by atoms with Crippen LogP contribution in [0.2, 0.25) is 0 Å². The Bertz CT molecular complexity index is 641. The third-order valence-electron chi connectivity index (χ3n) is 4.65. The molecule has 1 aromatic heterocycles. The molecule has 7 heteroatoms. The van der Waals surface area contributed by atoms with Gasteiger partial charge in [0.25, 0.3) is 0 Å². The minimum absolute atomic E-state index is 0.226. The van der Waals surface area contributed by atoms with E-state index in [0.717, 1.165) is 37.4 Å². The number of nitrogens with zero attached hydrogens (tertiary/aromatic N) is 5. The number of hydrogen-bond donors (Lipinski definition) is 1. The van der Waals surface area contributed by atoms with E-state index in [1.165, 1.54) is 0 Å². The highest BCUT2D eigenvalue weighted by atomic mass is 16.2. The fourth-order valence-corrected chi connectivity index (χ4v) is 3.39. The van der Waals surface area contributed by atoms with Crippen LogP contribution in [0.1, 0.15) is 5.56 Å². The van der Waals surface area contributed by atoms with Gasteiger partial charge in [-0.3, -0.25) is 4.79 Å². The molecule has 0 bridgehead atoms. The van der Waals surface area contributed by atoms with Crippen molar-refractivity contribution in [2.75, 3.05) is 26.2 Å². The summed E-state index contributed by atoms with van der Waals surface area (Å²) >= 11 is 0. The lowest BCUT2D eigenvalue weighted by Crippen LogP contribution is -2.32. The second kappa shape index (κ2) is 5.49. The van der Waals surface area contributed by atoms with Gasteiger partial charge in [-0.15, -0.1) is 5.10 Å². The standard InChI is InChI=1S/C15H18N6O/c22-15(20-8-12-6-16-7-13(12)9-20)5-11-1-3-14(4-2-11)21-10-17-18-19-21/h1-4,10,12-13,16H,5-9H2/t12-,13+. The molecule has 2 atom stereocenters. The van der Waals surface area contributed by atoms with Gasteiger partial charge in [-0.1, -0.05) is 12.1 Å². The maximum absolute atomic E-state index is 12.4. The number of carbonyl (C=O) groups is 1. The first kappa shape index (κ1) is 13.4. The normalized spacial score (nSPS) is 23.7. The Morgan fingerprint density at radius 3 is 2.55 bits per heavy atom. The quantitative estimate of drug-likeness (QED) is 0.855. The minimum Gasteiger partial charge on any atom is -0.342 e. The van der Waals surface area contributed by atoms with E-state index in [0.29, 0.717) is 18.3 Å². The van der Waals surface area contributed by atoms with E-state index in [1.54, 1.807) is 11.0 Å². The van der Waals surface area contributed by atoms with E-state index in [-0.39, 0.29) is 5.91 Å². The van der Waals surface area contributed by atoms with Crippen LogP contribution in [0.3, 0.4) is 0 Å². The molecule has 1 N–H and O–H groups in total. The molecule has 0 aliphatic carbocycles. The molecule has 3 heterocycles. The molecule has 0 saturated carbocycles. The van der Waals surface area contributed by atoms with Crippen LogP contribution in [-0.2, 0) is 11.2 Å². The number of carbonyl (C=O) groups excluding carboxylic acids is 1. The summed E-state index contributed by atoms with van der Waals surface area (Å²) in [6.45, 7) is 3.91. The number of benzene rings is 1. The van der Waals surface area contributed by atoms with Gasteiger partial charge in [0.2, 0.25) is 5.91 Å². The van der Waals surface area contributed by atoms with Crippen molar-refractivity contribution in [3.63, 3.8) is 0 Å². The number of hydrogen-bond acceptors (Lipinski definition) is 5. The Morgan fingerprint density at radius 1 is 1.18 bits per heavy atom. The van der Waals surface area contributed by atoms with Crippen LogP contribution in [0.25, 0.3) is 5.69 Å². The minimum atomic E-state index is 0.226. The fourth-order valence-electron chi connectivity index (χ4n) is 3.39. The predicted molar refractivity (Wildman–Crippen MR) is 79.3 cm³/mol. The molecule has 2 aliphatic rings. The van der Waals surface area contributed by atoms with Crippen LogP contribution in [0.5, 0.6) is 0 Å². The van der Waals surface area contributed by atoms with E-state index >= 15 is 0 Å². The fraction of sp³-hybridized carbons (Fsp3) is 0.467. The number of nitrogens with one attached hydrogen (secondary N) is 1. The summed E-state index contributed by atoms with van der Waals surface area (Å²) in [6.07, 6.45) is 2.01. The van der Waals surface area contributed by atoms with Crippen molar-refractivity contribution in [1.29, 1.82) is 0 Å². The molecule has 2 aliphatic heterocycles. The number of aromatic nitrogens is 4. The highest BCUT2D eigenvalue weighted by Gasteiger charge is 2.37. The lowest BCUT2D eigenvalue weighted by Gasteiger charge is -2.17. The lowest BCUT2D eigenvalue weighted by atomic mass is 10.0. The largest absolute Gasteiger partial charge is 0.342 e. The third-order valence-corrected chi connectivity index (χ3v) is 4.65. The topological polar surface area (TPSA) is 75.9 Å². The average molecular weight is 298 g/mol. The van der Waals surface area contributed by atoms with Gasteiger partial charge in [-0.25, -0.2) is 4.68 Å². The zero-order valence-electron chi connectivity index (χ0n) is 12.2.